The zero-order valence-corrected chi connectivity index (χ0v) is 12.4. The number of aromatic carboxylic acids is 2. The highest BCUT2D eigenvalue weighted by atomic mass is 32.1. The highest BCUT2D eigenvalue weighted by Gasteiger charge is 2.21. The first-order valence-corrected chi connectivity index (χ1v) is 7.60. The average Bonchev–Trinajstić information content (AvgIpc) is 2.89. The summed E-state index contributed by atoms with van der Waals surface area (Å²) in [6.07, 6.45) is 0. The van der Waals surface area contributed by atoms with Gasteiger partial charge < -0.3 is 10.2 Å². The zero-order valence-electron chi connectivity index (χ0n) is 11.6. The van der Waals surface area contributed by atoms with Crippen LogP contribution in [0.25, 0.3) is 31.2 Å². The number of hydrogen-bond acceptors (Lipinski definition) is 4. The van der Waals surface area contributed by atoms with Crippen molar-refractivity contribution in [2.45, 2.75) is 0 Å². The lowest BCUT2D eigenvalue weighted by Gasteiger charge is -2.06. The van der Waals surface area contributed by atoms with Crippen LogP contribution >= 0.6 is 11.3 Å². The van der Waals surface area contributed by atoms with Crippen molar-refractivity contribution in [2.75, 3.05) is 0 Å². The maximum Gasteiger partial charge on any atom is 0.337 e. The topological polar surface area (TPSA) is 87.5 Å². The molecule has 2 N–H and O–H groups in total. The Morgan fingerprint density at radius 1 is 0.870 bits per heavy atom. The Morgan fingerprint density at radius 2 is 1.61 bits per heavy atom. The standard InChI is InChI=1S/C17H9NO4S/c19-16(20)10-6-3-5-9-12(17(21)22)15-14(18-13(9)10)8-4-1-2-7-11(8)23-15/h1-7H,(H,19,20)(H,21,22). The van der Waals surface area contributed by atoms with Crippen LogP contribution in [0, 0.1) is 0 Å². The van der Waals surface area contributed by atoms with E-state index >= 15 is 0 Å². The Bertz CT molecular complexity index is 1130. The molecule has 0 fully saturated rings. The summed E-state index contributed by atoms with van der Waals surface area (Å²) in [6.45, 7) is 0. The van der Waals surface area contributed by atoms with Crippen LogP contribution in [0.3, 0.4) is 0 Å². The van der Waals surface area contributed by atoms with E-state index in [1.54, 1.807) is 12.1 Å². The molecule has 2 aromatic heterocycles. The molecule has 0 saturated carbocycles. The van der Waals surface area contributed by atoms with E-state index in [0.717, 1.165) is 10.1 Å². The largest absolute Gasteiger partial charge is 0.478 e. The molecule has 0 atom stereocenters. The Balaban J connectivity index is 2.33. The number of fused-ring (bicyclic) bond motifs is 4. The number of carbonyl (C=O) groups is 2. The summed E-state index contributed by atoms with van der Waals surface area (Å²) >= 11 is 1.35. The van der Waals surface area contributed by atoms with Gasteiger partial charge in [0.15, 0.2) is 0 Å². The summed E-state index contributed by atoms with van der Waals surface area (Å²) in [5.74, 6) is -2.21. The van der Waals surface area contributed by atoms with Crippen molar-refractivity contribution in [1.29, 1.82) is 0 Å². The number of aromatic nitrogens is 1. The van der Waals surface area contributed by atoms with Crippen LogP contribution in [0.2, 0.25) is 0 Å². The van der Waals surface area contributed by atoms with Gasteiger partial charge in [0.05, 0.1) is 26.9 Å². The monoisotopic (exact) mass is 323 g/mol. The molecule has 2 aromatic carbocycles. The molecule has 0 aliphatic carbocycles. The molecule has 0 spiro atoms. The zero-order chi connectivity index (χ0) is 16.1. The summed E-state index contributed by atoms with van der Waals surface area (Å²) in [7, 11) is 0. The van der Waals surface area contributed by atoms with E-state index in [1.807, 2.05) is 24.3 Å². The first kappa shape index (κ1) is 13.7. The van der Waals surface area contributed by atoms with E-state index in [4.69, 9.17) is 0 Å². The number of carboxylic acids is 2. The third kappa shape index (κ3) is 1.89. The predicted octanol–water partition coefficient (Wildman–Crippen LogP) is 4.00. The van der Waals surface area contributed by atoms with Crippen molar-refractivity contribution in [3.63, 3.8) is 0 Å². The predicted molar refractivity (Wildman–Crippen MR) is 88.6 cm³/mol. The van der Waals surface area contributed by atoms with Crippen LogP contribution < -0.4 is 0 Å². The molecule has 2 heterocycles. The van der Waals surface area contributed by atoms with Gasteiger partial charge in [0.1, 0.15) is 0 Å². The lowest BCUT2D eigenvalue weighted by molar-refractivity contribution is 0.0687. The molecule has 0 saturated heterocycles. The smallest absolute Gasteiger partial charge is 0.337 e. The minimum Gasteiger partial charge on any atom is -0.478 e. The SMILES string of the molecule is O=C(O)c1cccc2c(C(=O)O)c3sc4ccccc4c3nc12. The van der Waals surface area contributed by atoms with Gasteiger partial charge in [0, 0.05) is 15.5 Å². The molecule has 112 valence electrons. The third-order valence-electron chi connectivity index (χ3n) is 3.77. The van der Waals surface area contributed by atoms with Crippen LogP contribution in [-0.2, 0) is 0 Å². The molecular formula is C17H9NO4S. The molecule has 0 aliphatic heterocycles. The van der Waals surface area contributed by atoms with Gasteiger partial charge in [-0.3, -0.25) is 0 Å². The Morgan fingerprint density at radius 3 is 2.35 bits per heavy atom. The molecular weight excluding hydrogens is 314 g/mol. The molecule has 6 heteroatoms. The second-order valence-corrected chi connectivity index (χ2v) is 6.13. The molecule has 0 amide bonds. The fourth-order valence-corrected chi connectivity index (χ4v) is 3.99. The normalized spacial score (nSPS) is 11.3. The second kappa shape index (κ2) is 4.76. The number of pyridine rings is 1. The molecule has 4 rings (SSSR count). The van der Waals surface area contributed by atoms with E-state index in [2.05, 4.69) is 4.98 Å². The van der Waals surface area contributed by atoms with Gasteiger partial charge in [-0.1, -0.05) is 30.3 Å². The van der Waals surface area contributed by atoms with Gasteiger partial charge in [-0.25, -0.2) is 14.6 Å². The molecule has 0 radical (unpaired) electrons. The van der Waals surface area contributed by atoms with E-state index in [-0.39, 0.29) is 16.6 Å². The van der Waals surface area contributed by atoms with E-state index in [1.165, 1.54) is 17.4 Å². The Kier molecular flexibility index (Phi) is 2.82. The fraction of sp³-hybridized carbons (Fsp3) is 0. The van der Waals surface area contributed by atoms with Gasteiger partial charge in [-0.2, -0.15) is 0 Å². The number of carboxylic acid groups (broad SMARTS) is 2. The molecule has 0 unspecified atom stereocenters. The third-order valence-corrected chi connectivity index (χ3v) is 4.95. The lowest BCUT2D eigenvalue weighted by Crippen LogP contribution is -2.04. The highest BCUT2D eigenvalue weighted by Crippen LogP contribution is 2.38. The summed E-state index contributed by atoms with van der Waals surface area (Å²) in [5.41, 5.74) is 0.842. The number of nitrogens with zero attached hydrogens (tertiary/aromatic N) is 1. The van der Waals surface area contributed by atoms with Gasteiger partial charge in [0.2, 0.25) is 0 Å². The van der Waals surface area contributed by atoms with Gasteiger partial charge in [0.25, 0.3) is 0 Å². The summed E-state index contributed by atoms with van der Waals surface area (Å²) in [5, 5.41) is 20.2. The molecule has 0 aliphatic rings. The van der Waals surface area contributed by atoms with Crippen molar-refractivity contribution < 1.29 is 19.8 Å². The molecule has 23 heavy (non-hydrogen) atoms. The van der Waals surface area contributed by atoms with Crippen molar-refractivity contribution in [2.24, 2.45) is 0 Å². The van der Waals surface area contributed by atoms with E-state index in [9.17, 15) is 19.8 Å². The summed E-state index contributed by atoms with van der Waals surface area (Å²) in [6, 6.07) is 12.1. The van der Waals surface area contributed by atoms with Gasteiger partial charge in [-0.15, -0.1) is 11.3 Å². The molecule has 4 aromatic rings. The van der Waals surface area contributed by atoms with Crippen LogP contribution in [-0.4, -0.2) is 27.1 Å². The maximum absolute atomic E-state index is 11.8. The van der Waals surface area contributed by atoms with Crippen LogP contribution in [0.4, 0.5) is 0 Å². The van der Waals surface area contributed by atoms with Crippen molar-refractivity contribution in [3.05, 3.63) is 53.6 Å². The van der Waals surface area contributed by atoms with Crippen molar-refractivity contribution >= 4 is 54.5 Å². The minimum atomic E-state index is -1.13. The van der Waals surface area contributed by atoms with Gasteiger partial charge >= 0.3 is 11.9 Å². The number of rotatable bonds is 2. The lowest BCUT2D eigenvalue weighted by atomic mass is 10.0. The maximum atomic E-state index is 11.8. The molecule has 5 nitrogen and oxygen atoms in total. The number of benzene rings is 2. The van der Waals surface area contributed by atoms with Crippen molar-refractivity contribution in [1.82, 2.24) is 4.98 Å². The average molecular weight is 323 g/mol. The Labute approximate surface area is 133 Å². The Hall–Kier alpha value is -2.99. The van der Waals surface area contributed by atoms with Gasteiger partial charge in [-0.05, 0) is 12.1 Å². The van der Waals surface area contributed by atoms with E-state index < -0.39 is 11.9 Å². The first-order chi connectivity index (χ1) is 11.1. The minimum absolute atomic E-state index is 0.00202. The van der Waals surface area contributed by atoms with E-state index in [0.29, 0.717) is 15.6 Å². The fourth-order valence-electron chi connectivity index (χ4n) is 2.80. The van der Waals surface area contributed by atoms with Crippen LogP contribution in [0.15, 0.2) is 42.5 Å². The number of para-hydroxylation sites is 1. The number of thiophene rings is 1. The quantitative estimate of drug-likeness (QED) is 0.582. The number of hydrogen-bond donors (Lipinski definition) is 2. The van der Waals surface area contributed by atoms with Crippen molar-refractivity contribution in [3.8, 4) is 0 Å². The summed E-state index contributed by atoms with van der Waals surface area (Å²) in [4.78, 5) is 27.8. The molecule has 0 bridgehead atoms. The van der Waals surface area contributed by atoms with Crippen LogP contribution in [0.5, 0.6) is 0 Å². The van der Waals surface area contributed by atoms with Crippen LogP contribution in [0.1, 0.15) is 20.7 Å². The second-order valence-electron chi connectivity index (χ2n) is 5.07. The first-order valence-electron chi connectivity index (χ1n) is 6.78. The summed E-state index contributed by atoms with van der Waals surface area (Å²) < 4.78 is 1.48. The highest BCUT2D eigenvalue weighted by molar-refractivity contribution is 7.26.